The summed E-state index contributed by atoms with van der Waals surface area (Å²) >= 11 is 0. The average Bonchev–Trinajstić information content (AvgIpc) is 3.09. The molecule has 1 aliphatic heterocycles. The second-order valence-electron chi connectivity index (χ2n) is 8.62. The van der Waals surface area contributed by atoms with Gasteiger partial charge in [-0.3, -0.25) is 4.90 Å². The fourth-order valence-corrected chi connectivity index (χ4v) is 4.98. The van der Waals surface area contributed by atoms with Crippen molar-refractivity contribution in [2.24, 2.45) is 0 Å². The number of anilines is 1. The van der Waals surface area contributed by atoms with Gasteiger partial charge in [0.25, 0.3) is 0 Å². The number of aliphatic hydroxyl groups is 1. The van der Waals surface area contributed by atoms with E-state index in [1.165, 1.54) is 23.0 Å². The predicted molar refractivity (Wildman–Crippen MR) is 126 cm³/mol. The lowest BCUT2D eigenvalue weighted by molar-refractivity contribution is 0.113. The number of hydrogen-bond acceptors (Lipinski definition) is 7. The Hall–Kier alpha value is -2.71. The summed E-state index contributed by atoms with van der Waals surface area (Å²) < 4.78 is 8.26. The van der Waals surface area contributed by atoms with E-state index in [0.717, 1.165) is 54.1 Å². The Bertz CT molecular complexity index is 1120. The van der Waals surface area contributed by atoms with Gasteiger partial charge in [0.15, 0.2) is 5.65 Å². The number of nitrogens with two attached hydrogens (primary N) is 1. The number of rotatable bonds is 8. The molecule has 3 aromatic rings. The number of likely N-dealkylation sites (tertiary alicyclic amines) is 1. The molecular weight excluding hydrogens is 404 g/mol. The maximum Gasteiger partial charge on any atom is 0.164 e. The summed E-state index contributed by atoms with van der Waals surface area (Å²) in [6.07, 6.45) is 2.44. The Morgan fingerprint density at radius 1 is 1.25 bits per heavy atom. The minimum absolute atomic E-state index is 0.0830. The third kappa shape index (κ3) is 3.71. The zero-order chi connectivity index (χ0) is 23.0. The van der Waals surface area contributed by atoms with E-state index in [-0.39, 0.29) is 12.6 Å². The van der Waals surface area contributed by atoms with E-state index in [1.807, 2.05) is 18.5 Å². The van der Waals surface area contributed by atoms with Crippen molar-refractivity contribution in [3.8, 4) is 5.75 Å². The van der Waals surface area contributed by atoms with Crippen LogP contribution in [0.1, 0.15) is 60.7 Å². The Morgan fingerprint density at radius 2 is 2.00 bits per heavy atom. The number of hydrogen-bond donors (Lipinski definition) is 2. The minimum atomic E-state index is -0.0830. The zero-order valence-electron chi connectivity index (χ0n) is 19.7. The second kappa shape index (κ2) is 9.03. The van der Waals surface area contributed by atoms with Crippen molar-refractivity contribution in [1.29, 1.82) is 0 Å². The number of aryl methyl sites for hydroxylation is 2. The molecule has 1 atom stereocenters. The van der Waals surface area contributed by atoms with E-state index < -0.39 is 0 Å². The van der Waals surface area contributed by atoms with Crippen molar-refractivity contribution >= 4 is 16.9 Å². The standard InChI is InChI=1S/C24H34N6O2/c1-6-17-10-19(16(5)30-24-21(15(4)28-30)23(25)26-13-27-24)22(32-7-2)20(14(17)3)18-11-29(12-18)8-9-31/h10,13,16,18,31H,6-9,11-12H2,1-5H3,(H2,25,26,27). The van der Waals surface area contributed by atoms with Crippen LogP contribution in [0, 0.1) is 13.8 Å². The van der Waals surface area contributed by atoms with Gasteiger partial charge in [-0.25, -0.2) is 14.6 Å². The van der Waals surface area contributed by atoms with Gasteiger partial charge in [-0.15, -0.1) is 0 Å². The van der Waals surface area contributed by atoms with E-state index in [1.54, 1.807) is 0 Å². The fourth-order valence-electron chi connectivity index (χ4n) is 4.98. The Labute approximate surface area is 189 Å². The lowest BCUT2D eigenvalue weighted by Gasteiger charge is -2.41. The number of aliphatic hydroxyl groups excluding tert-OH is 1. The normalized spacial score (nSPS) is 15.8. The summed E-state index contributed by atoms with van der Waals surface area (Å²) in [5.74, 6) is 1.81. The number of aromatic nitrogens is 4. The maximum atomic E-state index is 9.29. The van der Waals surface area contributed by atoms with Gasteiger partial charge in [-0.1, -0.05) is 6.92 Å². The van der Waals surface area contributed by atoms with Crippen molar-refractivity contribution in [3.63, 3.8) is 0 Å². The van der Waals surface area contributed by atoms with Crippen LogP contribution in [0.5, 0.6) is 5.75 Å². The Balaban J connectivity index is 1.85. The van der Waals surface area contributed by atoms with Crippen LogP contribution >= 0.6 is 0 Å². The van der Waals surface area contributed by atoms with Crippen LogP contribution in [-0.4, -0.2) is 62.6 Å². The van der Waals surface area contributed by atoms with Crippen molar-refractivity contribution in [2.45, 2.75) is 53.0 Å². The zero-order valence-corrected chi connectivity index (χ0v) is 19.7. The summed E-state index contributed by atoms with van der Waals surface area (Å²) in [5.41, 5.74) is 12.7. The van der Waals surface area contributed by atoms with Gasteiger partial charge in [0.1, 0.15) is 17.9 Å². The Morgan fingerprint density at radius 3 is 2.66 bits per heavy atom. The van der Waals surface area contributed by atoms with E-state index in [9.17, 15) is 5.11 Å². The molecular formula is C24H34N6O2. The first-order chi connectivity index (χ1) is 15.4. The molecule has 0 saturated carbocycles. The molecule has 0 radical (unpaired) electrons. The van der Waals surface area contributed by atoms with Crippen molar-refractivity contribution < 1.29 is 9.84 Å². The molecule has 2 aromatic heterocycles. The monoisotopic (exact) mass is 438 g/mol. The summed E-state index contributed by atoms with van der Waals surface area (Å²) in [6.45, 7) is 13.9. The van der Waals surface area contributed by atoms with Gasteiger partial charge < -0.3 is 15.6 Å². The summed E-state index contributed by atoms with van der Waals surface area (Å²) in [5, 5.41) is 14.9. The highest BCUT2D eigenvalue weighted by Crippen LogP contribution is 2.43. The van der Waals surface area contributed by atoms with Crippen molar-refractivity contribution in [1.82, 2.24) is 24.6 Å². The third-order valence-corrected chi connectivity index (χ3v) is 6.68. The Kier molecular flexibility index (Phi) is 6.35. The molecule has 1 aliphatic rings. The summed E-state index contributed by atoms with van der Waals surface area (Å²) in [4.78, 5) is 10.9. The first-order valence-electron chi connectivity index (χ1n) is 11.5. The maximum absolute atomic E-state index is 9.29. The van der Waals surface area contributed by atoms with Crippen LogP contribution < -0.4 is 10.5 Å². The summed E-state index contributed by atoms with van der Waals surface area (Å²) in [7, 11) is 0. The van der Waals surface area contributed by atoms with Crippen molar-refractivity contribution in [3.05, 3.63) is 40.3 Å². The molecule has 1 aromatic carbocycles. The van der Waals surface area contributed by atoms with E-state index >= 15 is 0 Å². The van der Waals surface area contributed by atoms with E-state index in [4.69, 9.17) is 15.6 Å². The lowest BCUT2D eigenvalue weighted by atomic mass is 9.82. The number of β-amino-alcohol motifs (C(OH)–C–C–N with tert-alkyl or cyclic N) is 1. The second-order valence-corrected chi connectivity index (χ2v) is 8.62. The lowest BCUT2D eigenvalue weighted by Crippen LogP contribution is -2.46. The van der Waals surface area contributed by atoms with Gasteiger partial charge >= 0.3 is 0 Å². The van der Waals surface area contributed by atoms with Crippen LogP contribution in [0.3, 0.4) is 0 Å². The van der Waals surface area contributed by atoms with Gasteiger partial charge in [-0.05, 0) is 51.3 Å². The molecule has 1 saturated heterocycles. The largest absolute Gasteiger partial charge is 0.493 e. The van der Waals surface area contributed by atoms with Gasteiger partial charge in [0, 0.05) is 36.7 Å². The van der Waals surface area contributed by atoms with Crippen LogP contribution in [0.25, 0.3) is 11.0 Å². The highest BCUT2D eigenvalue weighted by Gasteiger charge is 2.34. The predicted octanol–water partition coefficient (Wildman–Crippen LogP) is 2.99. The summed E-state index contributed by atoms with van der Waals surface area (Å²) in [6, 6.07) is 2.19. The number of nitrogens with zero attached hydrogens (tertiary/aromatic N) is 5. The molecule has 0 amide bonds. The van der Waals surface area contributed by atoms with Gasteiger partial charge in [0.05, 0.1) is 30.3 Å². The molecule has 8 nitrogen and oxygen atoms in total. The molecule has 4 rings (SSSR count). The van der Waals surface area contributed by atoms with Crippen LogP contribution in [0.2, 0.25) is 0 Å². The SMILES string of the molecule is CCOc1c(C(C)n2nc(C)c3c(N)ncnc32)cc(CC)c(C)c1C1CN(CCO)C1. The number of benzene rings is 1. The smallest absolute Gasteiger partial charge is 0.164 e. The average molecular weight is 439 g/mol. The quantitative estimate of drug-likeness (QED) is 0.557. The third-order valence-electron chi connectivity index (χ3n) is 6.68. The van der Waals surface area contributed by atoms with E-state index in [2.05, 4.69) is 41.7 Å². The van der Waals surface area contributed by atoms with Crippen LogP contribution in [0.4, 0.5) is 5.82 Å². The number of ether oxygens (including phenoxy) is 1. The molecule has 8 heteroatoms. The highest BCUT2D eigenvalue weighted by molar-refractivity contribution is 5.88. The molecule has 1 unspecified atom stereocenters. The molecule has 0 bridgehead atoms. The molecule has 32 heavy (non-hydrogen) atoms. The minimum Gasteiger partial charge on any atom is -0.493 e. The van der Waals surface area contributed by atoms with Crippen LogP contribution in [0.15, 0.2) is 12.4 Å². The number of fused-ring (bicyclic) bond motifs is 1. The van der Waals surface area contributed by atoms with Crippen molar-refractivity contribution in [2.75, 3.05) is 38.6 Å². The highest BCUT2D eigenvalue weighted by atomic mass is 16.5. The molecule has 172 valence electrons. The molecule has 3 heterocycles. The van der Waals surface area contributed by atoms with Gasteiger partial charge in [-0.2, -0.15) is 5.10 Å². The fraction of sp³-hybridized carbons (Fsp3) is 0.542. The number of nitrogen functional groups attached to an aromatic ring is 1. The van der Waals surface area contributed by atoms with Crippen LogP contribution in [-0.2, 0) is 6.42 Å². The molecule has 0 spiro atoms. The molecule has 1 fully saturated rings. The topological polar surface area (TPSA) is 102 Å². The molecule has 0 aliphatic carbocycles. The first-order valence-corrected chi connectivity index (χ1v) is 11.5. The van der Waals surface area contributed by atoms with Gasteiger partial charge in [0.2, 0.25) is 0 Å². The molecule has 3 N–H and O–H groups in total. The first kappa shape index (κ1) is 22.5. The van der Waals surface area contributed by atoms with E-state index in [0.29, 0.717) is 18.3 Å².